The van der Waals surface area contributed by atoms with Crippen LogP contribution in [0.5, 0.6) is 0 Å². The van der Waals surface area contributed by atoms with Crippen LogP contribution >= 0.6 is 0 Å². The van der Waals surface area contributed by atoms with Crippen molar-refractivity contribution in [3.8, 4) is 0 Å². The number of aromatic nitrogens is 1. The minimum atomic E-state index is 0.232. The zero-order valence-electron chi connectivity index (χ0n) is 12.2. The van der Waals surface area contributed by atoms with Crippen LogP contribution in [0.15, 0.2) is 6.07 Å². The van der Waals surface area contributed by atoms with Crippen LogP contribution in [0.2, 0.25) is 0 Å². The van der Waals surface area contributed by atoms with E-state index in [1.165, 1.54) is 36.2 Å². The van der Waals surface area contributed by atoms with Gasteiger partial charge in [-0.15, -0.1) is 0 Å². The number of nitrogens with two attached hydrogens (primary N) is 1. The Morgan fingerprint density at radius 3 is 2.67 bits per heavy atom. The molecule has 2 atom stereocenters. The van der Waals surface area contributed by atoms with E-state index in [4.69, 9.17) is 5.73 Å². The molecular weight excluding hydrogens is 220 g/mol. The van der Waals surface area contributed by atoms with Crippen LogP contribution in [0, 0.1) is 18.3 Å². The summed E-state index contributed by atoms with van der Waals surface area (Å²) in [5, 5.41) is 0. The second kappa shape index (κ2) is 3.86. The maximum Gasteiger partial charge on any atom is 0.0335 e. The predicted molar refractivity (Wildman–Crippen MR) is 75.6 cm³/mol. The van der Waals surface area contributed by atoms with Gasteiger partial charge in [-0.2, -0.15) is 0 Å². The lowest BCUT2D eigenvalue weighted by Gasteiger charge is -2.35. The molecule has 1 aromatic heterocycles. The van der Waals surface area contributed by atoms with Crippen molar-refractivity contribution in [2.45, 2.75) is 65.5 Å². The number of hydrogen-bond donors (Lipinski definition) is 1. The number of hydrogen-bond acceptors (Lipinski definition) is 1. The van der Waals surface area contributed by atoms with Crippen LogP contribution < -0.4 is 5.73 Å². The van der Waals surface area contributed by atoms with E-state index in [1.807, 2.05) is 0 Å². The van der Waals surface area contributed by atoms with Crippen molar-refractivity contribution >= 4 is 0 Å². The van der Waals surface area contributed by atoms with Crippen LogP contribution in [-0.4, -0.2) is 4.57 Å². The lowest BCUT2D eigenvalue weighted by molar-refractivity contribution is 0.270. The van der Waals surface area contributed by atoms with E-state index in [0.29, 0.717) is 11.5 Å². The van der Waals surface area contributed by atoms with Gasteiger partial charge < -0.3 is 10.3 Å². The van der Waals surface area contributed by atoms with E-state index in [9.17, 15) is 0 Å². The maximum absolute atomic E-state index is 6.38. The van der Waals surface area contributed by atoms with Crippen LogP contribution in [0.3, 0.4) is 0 Å². The van der Waals surface area contributed by atoms with E-state index < -0.39 is 0 Å². The summed E-state index contributed by atoms with van der Waals surface area (Å²) < 4.78 is 2.59. The van der Waals surface area contributed by atoms with E-state index >= 15 is 0 Å². The molecule has 0 bridgehead atoms. The highest BCUT2D eigenvalue weighted by molar-refractivity contribution is 5.34. The first kappa shape index (κ1) is 12.3. The molecule has 0 aromatic carbocycles. The molecule has 2 unspecified atom stereocenters. The molecule has 18 heavy (non-hydrogen) atoms. The van der Waals surface area contributed by atoms with Crippen molar-refractivity contribution in [3.05, 3.63) is 23.0 Å². The fraction of sp³-hybridized carbons (Fsp3) is 0.750. The molecule has 1 saturated carbocycles. The normalized spacial score (nSPS) is 27.9. The van der Waals surface area contributed by atoms with E-state index in [0.717, 1.165) is 12.3 Å². The van der Waals surface area contributed by atoms with Gasteiger partial charge in [-0.25, -0.2) is 0 Å². The number of aryl methyl sites for hydroxylation is 1. The van der Waals surface area contributed by atoms with Crippen molar-refractivity contribution < 1.29 is 0 Å². The smallest absolute Gasteiger partial charge is 0.0335 e. The Hall–Kier alpha value is -0.760. The highest BCUT2D eigenvalue weighted by Crippen LogP contribution is 2.46. The van der Waals surface area contributed by atoms with Gasteiger partial charge in [0.1, 0.15) is 0 Å². The minimum absolute atomic E-state index is 0.232. The molecule has 2 aliphatic carbocycles. The molecule has 2 nitrogen and oxygen atoms in total. The summed E-state index contributed by atoms with van der Waals surface area (Å²) in [6.07, 6.45) is 5.11. The Labute approximate surface area is 111 Å². The molecule has 3 rings (SSSR count). The quantitative estimate of drug-likeness (QED) is 0.846. The average Bonchev–Trinajstić information content (AvgIpc) is 3.01. The van der Waals surface area contributed by atoms with Gasteiger partial charge in [0, 0.05) is 23.5 Å². The topological polar surface area (TPSA) is 30.9 Å². The molecule has 2 heteroatoms. The lowest BCUT2D eigenvalue weighted by Crippen LogP contribution is -2.31. The summed E-state index contributed by atoms with van der Waals surface area (Å²) >= 11 is 0. The van der Waals surface area contributed by atoms with Gasteiger partial charge in [0.15, 0.2) is 0 Å². The minimum Gasteiger partial charge on any atom is -0.346 e. The summed E-state index contributed by atoms with van der Waals surface area (Å²) in [6.45, 7) is 9.34. The lowest BCUT2D eigenvalue weighted by atomic mass is 9.74. The molecule has 1 heterocycles. The van der Waals surface area contributed by atoms with Crippen molar-refractivity contribution in [1.29, 1.82) is 0 Å². The zero-order chi connectivity index (χ0) is 13.1. The maximum atomic E-state index is 6.38. The van der Waals surface area contributed by atoms with Crippen LogP contribution in [0.4, 0.5) is 0 Å². The van der Waals surface area contributed by atoms with Gasteiger partial charge >= 0.3 is 0 Å². The Morgan fingerprint density at radius 2 is 2.06 bits per heavy atom. The predicted octanol–water partition coefficient (Wildman–Crippen LogP) is 3.74. The molecule has 100 valence electrons. The first-order valence-corrected chi connectivity index (χ1v) is 7.35. The fourth-order valence-corrected chi connectivity index (χ4v) is 3.83. The zero-order valence-corrected chi connectivity index (χ0v) is 12.2. The second-order valence-corrected chi connectivity index (χ2v) is 7.29. The van der Waals surface area contributed by atoms with Gasteiger partial charge in [-0.3, -0.25) is 0 Å². The van der Waals surface area contributed by atoms with Gasteiger partial charge in [0.2, 0.25) is 0 Å². The van der Waals surface area contributed by atoms with Gasteiger partial charge in [0.05, 0.1) is 0 Å². The third kappa shape index (κ3) is 1.91. The Balaban J connectivity index is 2.05. The van der Waals surface area contributed by atoms with E-state index in [2.05, 4.69) is 38.3 Å². The highest BCUT2D eigenvalue weighted by atomic mass is 15.0. The largest absolute Gasteiger partial charge is 0.346 e. The molecule has 2 N–H and O–H groups in total. The molecule has 0 aliphatic heterocycles. The molecule has 1 fully saturated rings. The van der Waals surface area contributed by atoms with Crippen molar-refractivity contribution in [2.75, 3.05) is 0 Å². The summed E-state index contributed by atoms with van der Waals surface area (Å²) in [7, 11) is 0. The van der Waals surface area contributed by atoms with Gasteiger partial charge in [-0.05, 0) is 62.5 Å². The summed E-state index contributed by atoms with van der Waals surface area (Å²) in [4.78, 5) is 0. The molecule has 0 amide bonds. The monoisotopic (exact) mass is 246 g/mol. The first-order valence-electron chi connectivity index (χ1n) is 7.35. The average molecular weight is 246 g/mol. The van der Waals surface area contributed by atoms with Crippen molar-refractivity contribution in [1.82, 2.24) is 4.57 Å². The van der Waals surface area contributed by atoms with Crippen LogP contribution in [0.25, 0.3) is 0 Å². The Bertz CT molecular complexity index is 466. The summed E-state index contributed by atoms with van der Waals surface area (Å²) in [5.74, 6) is 0.904. The molecular formula is C16H26N2. The first-order chi connectivity index (χ1) is 8.39. The Morgan fingerprint density at radius 1 is 1.39 bits per heavy atom. The number of rotatable bonds is 2. The highest BCUT2D eigenvalue weighted by Gasteiger charge is 2.37. The van der Waals surface area contributed by atoms with Gasteiger partial charge in [0.25, 0.3) is 0 Å². The second-order valence-electron chi connectivity index (χ2n) is 7.29. The molecule has 0 spiro atoms. The summed E-state index contributed by atoms with van der Waals surface area (Å²) in [6, 6.07) is 3.23. The molecule has 1 aromatic rings. The van der Waals surface area contributed by atoms with Gasteiger partial charge in [-0.1, -0.05) is 13.8 Å². The molecule has 0 saturated heterocycles. The van der Waals surface area contributed by atoms with Crippen molar-refractivity contribution in [2.24, 2.45) is 17.1 Å². The molecule has 0 radical (unpaired) electrons. The standard InChI is InChI=1S/C16H26N2/c1-10-7-13-14(17)8-16(3,4)9-15(13)18(10)11(2)12-5-6-12/h7,11-12,14H,5-6,8-9,17H2,1-4H3. The van der Waals surface area contributed by atoms with Crippen LogP contribution in [0.1, 0.15) is 69.1 Å². The summed E-state index contributed by atoms with van der Waals surface area (Å²) in [5.41, 5.74) is 11.1. The SMILES string of the molecule is Cc1cc2c(n1C(C)C1CC1)CC(C)(C)CC2N. The number of nitrogens with zero attached hydrogens (tertiary/aromatic N) is 1. The molecule has 2 aliphatic rings. The van der Waals surface area contributed by atoms with E-state index in [-0.39, 0.29) is 6.04 Å². The van der Waals surface area contributed by atoms with E-state index in [1.54, 1.807) is 0 Å². The Kier molecular flexibility index (Phi) is 2.64. The van der Waals surface area contributed by atoms with Crippen LogP contribution in [-0.2, 0) is 6.42 Å². The third-order valence-electron chi connectivity index (χ3n) is 4.90. The van der Waals surface area contributed by atoms with Crippen molar-refractivity contribution in [3.63, 3.8) is 0 Å². The fourth-order valence-electron chi connectivity index (χ4n) is 3.83. The number of fused-ring (bicyclic) bond motifs is 1. The third-order valence-corrected chi connectivity index (χ3v) is 4.90.